The Balaban J connectivity index is 2.29. The van der Waals surface area contributed by atoms with Crippen LogP contribution in [0, 0.1) is 0 Å². The first-order chi connectivity index (χ1) is 8.09. The fourth-order valence-electron chi connectivity index (χ4n) is 1.81. The number of thiocarbonyl (C=S) groups is 1. The number of rotatable bonds is 2. The van der Waals surface area contributed by atoms with Crippen LogP contribution >= 0.6 is 12.2 Å². The Labute approximate surface area is 105 Å². The van der Waals surface area contributed by atoms with Gasteiger partial charge in [0.25, 0.3) is 0 Å². The Hall–Kier alpha value is -1.69. The van der Waals surface area contributed by atoms with Gasteiger partial charge in [0.2, 0.25) is 5.91 Å². The van der Waals surface area contributed by atoms with Gasteiger partial charge in [-0.15, -0.1) is 0 Å². The summed E-state index contributed by atoms with van der Waals surface area (Å²) in [6, 6.07) is 3.71. The number of carbonyl (C=O) groups excluding carboxylic acids is 1. The number of piperazine rings is 1. The SMILES string of the molecule is CN1CCN(c2cccnc2C(N)=S)CC1=O. The second kappa shape index (κ2) is 4.67. The third-order valence-electron chi connectivity index (χ3n) is 2.82. The Morgan fingerprint density at radius 2 is 2.29 bits per heavy atom. The molecule has 0 saturated carbocycles. The highest BCUT2D eigenvalue weighted by Gasteiger charge is 2.23. The van der Waals surface area contributed by atoms with Crippen molar-refractivity contribution in [2.24, 2.45) is 5.73 Å². The number of nitrogens with two attached hydrogens (primary N) is 1. The maximum Gasteiger partial charge on any atom is 0.241 e. The van der Waals surface area contributed by atoms with E-state index < -0.39 is 0 Å². The molecule has 17 heavy (non-hydrogen) atoms. The highest BCUT2D eigenvalue weighted by atomic mass is 32.1. The van der Waals surface area contributed by atoms with Crippen LogP contribution in [0.4, 0.5) is 5.69 Å². The molecule has 0 spiro atoms. The van der Waals surface area contributed by atoms with E-state index in [4.69, 9.17) is 18.0 Å². The average molecular weight is 250 g/mol. The lowest BCUT2D eigenvalue weighted by molar-refractivity contribution is -0.129. The molecule has 1 aromatic heterocycles. The van der Waals surface area contributed by atoms with Crippen molar-refractivity contribution in [2.45, 2.75) is 0 Å². The molecule has 1 amide bonds. The van der Waals surface area contributed by atoms with Crippen LogP contribution < -0.4 is 10.6 Å². The smallest absolute Gasteiger partial charge is 0.241 e. The van der Waals surface area contributed by atoms with Gasteiger partial charge in [-0.05, 0) is 12.1 Å². The van der Waals surface area contributed by atoms with Gasteiger partial charge in [0, 0.05) is 26.3 Å². The molecule has 1 aliphatic heterocycles. The van der Waals surface area contributed by atoms with Crippen LogP contribution in [-0.2, 0) is 4.79 Å². The summed E-state index contributed by atoms with van der Waals surface area (Å²) in [5.74, 6) is 0.0917. The van der Waals surface area contributed by atoms with Gasteiger partial charge in [0.1, 0.15) is 10.7 Å². The topological polar surface area (TPSA) is 62.5 Å². The molecule has 0 radical (unpaired) electrons. The molecule has 1 aliphatic rings. The Kier molecular flexibility index (Phi) is 3.23. The van der Waals surface area contributed by atoms with Crippen molar-refractivity contribution >= 4 is 28.8 Å². The second-order valence-electron chi connectivity index (χ2n) is 3.97. The number of likely N-dealkylation sites (N-methyl/N-ethyl adjacent to an activating group) is 1. The Morgan fingerprint density at radius 1 is 1.53 bits per heavy atom. The minimum absolute atomic E-state index is 0.0917. The summed E-state index contributed by atoms with van der Waals surface area (Å²) in [4.78, 5) is 19.8. The number of hydrogen-bond donors (Lipinski definition) is 1. The lowest BCUT2D eigenvalue weighted by Crippen LogP contribution is -2.49. The van der Waals surface area contributed by atoms with Gasteiger partial charge in [0.15, 0.2) is 0 Å². The van der Waals surface area contributed by atoms with Crippen LogP contribution in [0.15, 0.2) is 18.3 Å². The maximum atomic E-state index is 11.7. The van der Waals surface area contributed by atoms with Gasteiger partial charge in [0.05, 0.1) is 12.2 Å². The molecule has 0 aliphatic carbocycles. The zero-order valence-electron chi connectivity index (χ0n) is 9.59. The molecule has 1 aromatic rings. The van der Waals surface area contributed by atoms with Crippen molar-refractivity contribution in [3.05, 3.63) is 24.0 Å². The molecule has 0 bridgehead atoms. The van der Waals surface area contributed by atoms with Gasteiger partial charge < -0.3 is 15.5 Å². The van der Waals surface area contributed by atoms with Gasteiger partial charge >= 0.3 is 0 Å². The minimum Gasteiger partial charge on any atom is -0.388 e. The summed E-state index contributed by atoms with van der Waals surface area (Å²) in [6.07, 6.45) is 1.65. The van der Waals surface area contributed by atoms with E-state index in [1.54, 1.807) is 18.1 Å². The number of anilines is 1. The molecule has 90 valence electrons. The predicted molar refractivity (Wildman–Crippen MR) is 70.0 cm³/mol. The van der Waals surface area contributed by atoms with Crippen LogP contribution in [-0.4, -0.2) is 47.5 Å². The van der Waals surface area contributed by atoms with Crippen molar-refractivity contribution in [3.63, 3.8) is 0 Å². The van der Waals surface area contributed by atoms with Gasteiger partial charge in [-0.3, -0.25) is 9.78 Å². The highest BCUT2D eigenvalue weighted by Crippen LogP contribution is 2.19. The summed E-state index contributed by atoms with van der Waals surface area (Å²) in [6.45, 7) is 1.81. The van der Waals surface area contributed by atoms with E-state index >= 15 is 0 Å². The molecular formula is C11H14N4OS. The van der Waals surface area contributed by atoms with Crippen molar-refractivity contribution in [1.29, 1.82) is 0 Å². The quantitative estimate of drug-likeness (QED) is 0.748. The lowest BCUT2D eigenvalue weighted by Gasteiger charge is -2.34. The largest absolute Gasteiger partial charge is 0.388 e. The number of carbonyl (C=O) groups is 1. The summed E-state index contributed by atoms with van der Waals surface area (Å²) in [7, 11) is 1.80. The van der Waals surface area contributed by atoms with E-state index in [1.165, 1.54) is 0 Å². The molecule has 2 rings (SSSR count). The fraction of sp³-hybridized carbons (Fsp3) is 0.364. The zero-order valence-corrected chi connectivity index (χ0v) is 10.4. The molecular weight excluding hydrogens is 236 g/mol. The van der Waals surface area contributed by atoms with Crippen LogP contribution in [0.5, 0.6) is 0 Å². The molecule has 5 nitrogen and oxygen atoms in total. The van der Waals surface area contributed by atoms with Crippen LogP contribution in [0.3, 0.4) is 0 Å². The standard InChI is InChI=1S/C11H14N4OS/c1-14-5-6-15(7-9(14)16)8-3-2-4-13-10(8)11(12)17/h2-4H,5-7H2,1H3,(H2,12,17). The average Bonchev–Trinajstić information content (AvgIpc) is 2.32. The number of aromatic nitrogens is 1. The van der Waals surface area contributed by atoms with Crippen molar-refractivity contribution in [3.8, 4) is 0 Å². The van der Waals surface area contributed by atoms with Crippen molar-refractivity contribution in [2.75, 3.05) is 31.6 Å². The van der Waals surface area contributed by atoms with Crippen molar-refractivity contribution in [1.82, 2.24) is 9.88 Å². The minimum atomic E-state index is 0.0917. The molecule has 1 fully saturated rings. The molecule has 1 saturated heterocycles. The van der Waals surface area contributed by atoms with E-state index in [0.29, 0.717) is 18.8 Å². The first-order valence-corrected chi connectivity index (χ1v) is 5.74. The Bertz CT molecular complexity index is 463. The highest BCUT2D eigenvalue weighted by molar-refractivity contribution is 7.80. The van der Waals surface area contributed by atoms with E-state index in [9.17, 15) is 4.79 Å². The summed E-state index contributed by atoms with van der Waals surface area (Å²) >= 11 is 4.96. The Morgan fingerprint density at radius 3 is 2.94 bits per heavy atom. The molecule has 0 unspecified atom stereocenters. The maximum absolute atomic E-state index is 11.7. The molecule has 2 heterocycles. The number of pyridine rings is 1. The van der Waals surface area contributed by atoms with Crippen molar-refractivity contribution < 1.29 is 4.79 Å². The van der Waals surface area contributed by atoms with E-state index in [2.05, 4.69) is 4.98 Å². The van der Waals surface area contributed by atoms with Gasteiger partial charge in [-0.25, -0.2) is 0 Å². The first kappa shape index (κ1) is 11.8. The number of amides is 1. The van der Waals surface area contributed by atoms with Crippen LogP contribution in [0.25, 0.3) is 0 Å². The van der Waals surface area contributed by atoms with E-state index in [1.807, 2.05) is 17.0 Å². The predicted octanol–water partition coefficient (Wildman–Crippen LogP) is -0.00580. The normalized spacial score (nSPS) is 16.2. The van der Waals surface area contributed by atoms with Crippen LogP contribution in [0.1, 0.15) is 5.69 Å². The monoisotopic (exact) mass is 250 g/mol. The third-order valence-corrected chi connectivity index (χ3v) is 3.01. The zero-order chi connectivity index (χ0) is 12.4. The summed E-state index contributed by atoms with van der Waals surface area (Å²) < 4.78 is 0. The molecule has 2 N–H and O–H groups in total. The summed E-state index contributed by atoms with van der Waals surface area (Å²) in [5.41, 5.74) is 7.05. The second-order valence-corrected chi connectivity index (χ2v) is 4.41. The van der Waals surface area contributed by atoms with E-state index in [0.717, 1.165) is 12.2 Å². The van der Waals surface area contributed by atoms with E-state index in [-0.39, 0.29) is 10.9 Å². The first-order valence-electron chi connectivity index (χ1n) is 5.33. The fourth-order valence-corrected chi connectivity index (χ4v) is 1.96. The third kappa shape index (κ3) is 2.36. The summed E-state index contributed by atoms with van der Waals surface area (Å²) in [5, 5.41) is 0. The number of nitrogens with zero attached hydrogens (tertiary/aromatic N) is 3. The van der Waals surface area contributed by atoms with Gasteiger partial charge in [-0.1, -0.05) is 12.2 Å². The number of hydrogen-bond acceptors (Lipinski definition) is 4. The molecule has 0 atom stereocenters. The van der Waals surface area contributed by atoms with Gasteiger partial charge in [-0.2, -0.15) is 0 Å². The van der Waals surface area contributed by atoms with Crippen LogP contribution in [0.2, 0.25) is 0 Å². The molecule has 0 aromatic carbocycles. The molecule has 6 heteroatoms. The lowest BCUT2D eigenvalue weighted by atomic mass is 10.2.